The van der Waals surface area contributed by atoms with Gasteiger partial charge in [-0.1, -0.05) is 0 Å². The second kappa shape index (κ2) is 9.35. The van der Waals surface area contributed by atoms with Crippen molar-refractivity contribution in [1.82, 2.24) is 10.3 Å². The summed E-state index contributed by atoms with van der Waals surface area (Å²) >= 11 is 0. The zero-order valence-corrected chi connectivity index (χ0v) is 19.2. The minimum absolute atomic E-state index is 0.0680. The van der Waals surface area contributed by atoms with E-state index in [1.54, 1.807) is 24.5 Å². The normalized spacial score (nSPS) is 21.4. The van der Waals surface area contributed by atoms with Crippen molar-refractivity contribution < 1.29 is 18.7 Å². The van der Waals surface area contributed by atoms with Crippen LogP contribution in [0.5, 0.6) is 0 Å². The fourth-order valence-electron chi connectivity index (χ4n) is 4.85. The molecule has 182 valence electrons. The van der Waals surface area contributed by atoms with Crippen LogP contribution in [0.15, 0.2) is 63.4 Å². The molecular weight excluding hydrogens is 455 g/mol. The minimum Gasteiger partial charge on any atom is -0.442 e. The van der Waals surface area contributed by atoms with Crippen LogP contribution in [0.25, 0.3) is 0 Å². The van der Waals surface area contributed by atoms with Crippen LogP contribution in [0.3, 0.4) is 0 Å². The van der Waals surface area contributed by atoms with E-state index in [1.165, 1.54) is 17.9 Å². The number of hydrogen-bond donors (Lipinski definition) is 1. The first-order valence-corrected chi connectivity index (χ1v) is 11.5. The van der Waals surface area contributed by atoms with Crippen LogP contribution < -0.4 is 15.1 Å². The molecule has 1 aromatic heterocycles. The van der Waals surface area contributed by atoms with E-state index in [9.17, 15) is 9.59 Å². The third-order valence-corrected chi connectivity index (χ3v) is 6.64. The fourth-order valence-corrected chi connectivity index (χ4v) is 4.85. The van der Waals surface area contributed by atoms with Crippen LogP contribution in [0.1, 0.15) is 25.3 Å². The average molecular weight is 481 g/mol. The molecule has 0 spiro atoms. The number of piperidine rings is 1. The first-order chi connectivity index (χ1) is 17.0. The van der Waals surface area contributed by atoms with E-state index in [-0.39, 0.29) is 24.9 Å². The van der Waals surface area contributed by atoms with E-state index in [4.69, 9.17) is 4.74 Å². The summed E-state index contributed by atoms with van der Waals surface area (Å²) in [5.74, 6) is -0.550. The minimum atomic E-state index is -0.860. The van der Waals surface area contributed by atoms with Crippen molar-refractivity contribution in [2.45, 2.75) is 31.5 Å². The van der Waals surface area contributed by atoms with Gasteiger partial charge in [0.2, 0.25) is 11.6 Å². The first kappa shape index (κ1) is 22.8. The SMILES string of the molecule is CC(=O)NCC1CN(c2ccc(N3CCC(C4(c5ccncc5)N=NN=N4)CC3)c(F)c2)C(=O)O1. The van der Waals surface area contributed by atoms with Crippen molar-refractivity contribution in [1.29, 1.82) is 0 Å². The molecule has 4 heterocycles. The Morgan fingerprint density at radius 3 is 2.54 bits per heavy atom. The highest BCUT2D eigenvalue weighted by Gasteiger charge is 2.45. The summed E-state index contributed by atoms with van der Waals surface area (Å²) in [6.45, 7) is 3.08. The van der Waals surface area contributed by atoms with Crippen molar-refractivity contribution in [3.8, 4) is 0 Å². The Kier molecular flexibility index (Phi) is 6.10. The lowest BCUT2D eigenvalue weighted by atomic mass is 9.81. The number of rotatable bonds is 6. The number of ether oxygens (including phenoxy) is 1. The maximum atomic E-state index is 15.2. The molecule has 2 saturated heterocycles. The van der Waals surface area contributed by atoms with Gasteiger partial charge in [-0.15, -0.1) is 10.2 Å². The maximum absolute atomic E-state index is 15.2. The molecule has 0 radical (unpaired) electrons. The van der Waals surface area contributed by atoms with Gasteiger partial charge in [0, 0.05) is 43.9 Å². The number of amides is 2. The second-order valence-electron chi connectivity index (χ2n) is 8.79. The molecule has 2 amide bonds. The van der Waals surface area contributed by atoms with Gasteiger partial charge in [0.1, 0.15) is 11.9 Å². The smallest absolute Gasteiger partial charge is 0.414 e. The summed E-state index contributed by atoms with van der Waals surface area (Å²) in [6.07, 6.45) is 3.81. The molecule has 0 bridgehead atoms. The lowest BCUT2D eigenvalue weighted by Gasteiger charge is -2.38. The average Bonchev–Trinajstić information content (AvgIpc) is 3.51. The van der Waals surface area contributed by atoms with Gasteiger partial charge in [0.15, 0.2) is 0 Å². The highest BCUT2D eigenvalue weighted by molar-refractivity contribution is 5.90. The van der Waals surface area contributed by atoms with Crippen LogP contribution >= 0.6 is 0 Å². The van der Waals surface area contributed by atoms with E-state index in [0.717, 1.165) is 18.4 Å². The summed E-state index contributed by atoms with van der Waals surface area (Å²) in [5.41, 5.74) is 0.921. The van der Waals surface area contributed by atoms with Crippen molar-refractivity contribution >= 4 is 23.4 Å². The summed E-state index contributed by atoms with van der Waals surface area (Å²) in [7, 11) is 0. The summed E-state index contributed by atoms with van der Waals surface area (Å²) in [6, 6.07) is 8.50. The molecule has 3 aliphatic heterocycles. The molecule has 1 N–H and O–H groups in total. The standard InChI is InChI=1S/C23H25FN8O3/c1-15(33)26-13-19-14-32(22(34)35-19)18-2-3-21(20(24)12-18)31-10-6-17(7-11-31)23(27-29-30-28-23)16-4-8-25-9-5-16/h2-5,8-9,12,17,19H,6-7,10-11,13-14H2,1H3,(H,26,33). The Labute approximate surface area is 201 Å². The summed E-state index contributed by atoms with van der Waals surface area (Å²) < 4.78 is 20.4. The van der Waals surface area contributed by atoms with Crippen LogP contribution in [-0.4, -0.2) is 49.3 Å². The maximum Gasteiger partial charge on any atom is 0.414 e. The fraction of sp³-hybridized carbons (Fsp3) is 0.435. The van der Waals surface area contributed by atoms with Gasteiger partial charge in [-0.3, -0.25) is 14.7 Å². The summed E-state index contributed by atoms with van der Waals surface area (Å²) in [4.78, 5) is 30.8. The van der Waals surface area contributed by atoms with Crippen molar-refractivity contribution in [2.24, 2.45) is 26.6 Å². The number of anilines is 2. The lowest BCUT2D eigenvalue weighted by molar-refractivity contribution is -0.119. The number of carbonyl (C=O) groups is 2. The van der Waals surface area contributed by atoms with E-state index in [1.807, 2.05) is 17.0 Å². The van der Waals surface area contributed by atoms with E-state index in [2.05, 4.69) is 31.0 Å². The lowest BCUT2D eigenvalue weighted by Crippen LogP contribution is -2.41. The number of halogens is 1. The van der Waals surface area contributed by atoms with Gasteiger partial charge in [0.25, 0.3) is 0 Å². The molecule has 2 aromatic rings. The van der Waals surface area contributed by atoms with E-state index < -0.39 is 23.7 Å². The Bertz CT molecular complexity index is 1150. The van der Waals surface area contributed by atoms with Gasteiger partial charge in [-0.2, -0.15) is 0 Å². The first-order valence-electron chi connectivity index (χ1n) is 11.5. The van der Waals surface area contributed by atoms with Crippen LogP contribution in [0, 0.1) is 11.7 Å². The predicted octanol–water partition coefficient (Wildman–Crippen LogP) is 3.58. The molecule has 0 saturated carbocycles. The van der Waals surface area contributed by atoms with Gasteiger partial charge < -0.3 is 15.0 Å². The largest absolute Gasteiger partial charge is 0.442 e. The molecule has 1 aromatic carbocycles. The third kappa shape index (κ3) is 4.43. The highest BCUT2D eigenvalue weighted by Crippen LogP contribution is 2.44. The molecule has 2 fully saturated rings. The van der Waals surface area contributed by atoms with Gasteiger partial charge >= 0.3 is 6.09 Å². The van der Waals surface area contributed by atoms with Crippen LogP contribution in [-0.2, 0) is 15.2 Å². The second-order valence-corrected chi connectivity index (χ2v) is 8.79. The van der Waals surface area contributed by atoms with Crippen molar-refractivity contribution in [3.63, 3.8) is 0 Å². The molecular formula is C23H25FN8O3. The van der Waals surface area contributed by atoms with Crippen molar-refractivity contribution in [2.75, 3.05) is 36.0 Å². The Balaban J connectivity index is 1.25. The van der Waals surface area contributed by atoms with E-state index in [0.29, 0.717) is 24.5 Å². The Morgan fingerprint density at radius 1 is 1.17 bits per heavy atom. The monoisotopic (exact) mass is 480 g/mol. The molecule has 1 atom stereocenters. The number of benzene rings is 1. The van der Waals surface area contributed by atoms with Gasteiger partial charge in [-0.05, 0) is 53.6 Å². The molecule has 1 unspecified atom stereocenters. The molecule has 12 heteroatoms. The van der Waals surface area contributed by atoms with Crippen LogP contribution in [0.2, 0.25) is 0 Å². The van der Waals surface area contributed by atoms with E-state index >= 15 is 4.39 Å². The number of cyclic esters (lactones) is 1. The van der Waals surface area contributed by atoms with Gasteiger partial charge in [-0.25, -0.2) is 9.18 Å². The topological polar surface area (TPSA) is 124 Å². The van der Waals surface area contributed by atoms with Crippen LogP contribution in [0.4, 0.5) is 20.6 Å². The third-order valence-electron chi connectivity index (χ3n) is 6.64. The Hall–Kier alpha value is -3.96. The van der Waals surface area contributed by atoms with Gasteiger partial charge in [0.05, 0.1) is 24.5 Å². The molecule has 0 aliphatic carbocycles. The molecule has 5 rings (SSSR count). The molecule has 11 nitrogen and oxygen atoms in total. The predicted molar refractivity (Wildman–Crippen MR) is 123 cm³/mol. The number of hydrogen-bond acceptors (Lipinski definition) is 9. The Morgan fingerprint density at radius 2 is 1.89 bits per heavy atom. The zero-order chi connectivity index (χ0) is 24.4. The molecule has 3 aliphatic rings. The summed E-state index contributed by atoms with van der Waals surface area (Å²) in [5, 5.41) is 18.9. The number of pyridine rings is 1. The highest BCUT2D eigenvalue weighted by atomic mass is 19.1. The molecule has 35 heavy (non-hydrogen) atoms. The number of nitrogens with zero attached hydrogens (tertiary/aromatic N) is 7. The number of carbonyl (C=O) groups excluding carboxylic acids is 2. The van der Waals surface area contributed by atoms with Crippen molar-refractivity contribution in [3.05, 3.63) is 54.1 Å². The quantitative estimate of drug-likeness (QED) is 0.677. The zero-order valence-electron chi connectivity index (χ0n) is 19.2. The number of aromatic nitrogens is 1. The number of nitrogens with one attached hydrogen (secondary N) is 1.